The largest absolute Gasteiger partial charge is 0.481 e. The molecule has 0 atom stereocenters. The molecule has 0 amide bonds. The lowest BCUT2D eigenvalue weighted by Crippen LogP contribution is -2.06. The van der Waals surface area contributed by atoms with Crippen LogP contribution in [0, 0.1) is 6.92 Å². The van der Waals surface area contributed by atoms with E-state index in [1.54, 1.807) is 18.2 Å². The molecule has 1 rings (SSSR count). The van der Waals surface area contributed by atoms with Gasteiger partial charge in [0.1, 0.15) is 0 Å². The molecule has 1 N–H and O–H groups in total. The van der Waals surface area contributed by atoms with Crippen molar-refractivity contribution in [2.24, 2.45) is 0 Å². The summed E-state index contributed by atoms with van der Waals surface area (Å²) >= 11 is 5.43. The van der Waals surface area contributed by atoms with Gasteiger partial charge >= 0.3 is 5.97 Å². The first-order valence-electron chi connectivity index (χ1n) is 4.90. The lowest BCUT2D eigenvalue weighted by Gasteiger charge is -2.06. The molecular formula is C12H13ClO3. The monoisotopic (exact) mass is 240 g/mol. The van der Waals surface area contributed by atoms with E-state index in [0.29, 0.717) is 6.42 Å². The summed E-state index contributed by atoms with van der Waals surface area (Å²) in [6, 6.07) is 5.32. The Morgan fingerprint density at radius 1 is 1.31 bits per heavy atom. The topological polar surface area (TPSA) is 54.4 Å². The number of aryl methyl sites for hydroxylation is 1. The van der Waals surface area contributed by atoms with Crippen molar-refractivity contribution >= 4 is 23.4 Å². The summed E-state index contributed by atoms with van der Waals surface area (Å²) in [6.07, 6.45) is 0.313. The molecule has 3 nitrogen and oxygen atoms in total. The van der Waals surface area contributed by atoms with Crippen LogP contribution in [0.15, 0.2) is 18.2 Å². The van der Waals surface area contributed by atoms with Crippen molar-refractivity contribution in [2.75, 3.05) is 5.88 Å². The Bertz CT molecular complexity index is 413. The van der Waals surface area contributed by atoms with Gasteiger partial charge in [-0.15, -0.1) is 11.6 Å². The Morgan fingerprint density at radius 3 is 2.50 bits per heavy atom. The van der Waals surface area contributed by atoms with E-state index >= 15 is 0 Å². The van der Waals surface area contributed by atoms with Crippen molar-refractivity contribution in [2.45, 2.75) is 19.8 Å². The average Bonchev–Trinajstić information content (AvgIpc) is 2.21. The standard InChI is InChI=1S/C12H13ClO3/c1-8-4-9(5-12(15)16)2-3-10(8)6-11(14)7-13/h2-4H,5-7H2,1H3,(H,15,16). The van der Waals surface area contributed by atoms with Crippen molar-refractivity contribution in [1.29, 1.82) is 0 Å². The summed E-state index contributed by atoms with van der Waals surface area (Å²) in [5.74, 6) is -0.879. The summed E-state index contributed by atoms with van der Waals surface area (Å²) < 4.78 is 0. The first-order chi connectivity index (χ1) is 7.52. The number of hydrogen-bond acceptors (Lipinski definition) is 2. The molecule has 0 unspecified atom stereocenters. The van der Waals surface area contributed by atoms with E-state index in [1.807, 2.05) is 6.92 Å². The SMILES string of the molecule is Cc1cc(CC(=O)O)ccc1CC(=O)CCl. The highest BCUT2D eigenvalue weighted by atomic mass is 35.5. The third kappa shape index (κ3) is 3.66. The van der Waals surface area contributed by atoms with Crippen molar-refractivity contribution in [1.82, 2.24) is 0 Å². The minimum atomic E-state index is -0.857. The molecule has 0 heterocycles. The lowest BCUT2D eigenvalue weighted by atomic mass is 10.00. The molecule has 0 fully saturated rings. The van der Waals surface area contributed by atoms with Gasteiger partial charge < -0.3 is 5.11 Å². The van der Waals surface area contributed by atoms with Crippen molar-refractivity contribution in [3.8, 4) is 0 Å². The smallest absolute Gasteiger partial charge is 0.307 e. The zero-order valence-electron chi connectivity index (χ0n) is 9.00. The van der Waals surface area contributed by atoms with E-state index in [2.05, 4.69) is 0 Å². The number of carbonyl (C=O) groups is 2. The number of Topliss-reactive ketones (excluding diaryl/α,β-unsaturated/α-hetero) is 1. The summed E-state index contributed by atoms with van der Waals surface area (Å²) in [4.78, 5) is 21.7. The van der Waals surface area contributed by atoms with Gasteiger partial charge in [0.25, 0.3) is 0 Å². The van der Waals surface area contributed by atoms with E-state index in [-0.39, 0.29) is 18.1 Å². The Kier molecular flexibility index (Phi) is 4.50. The third-order valence-electron chi connectivity index (χ3n) is 2.30. The number of halogens is 1. The molecule has 0 saturated heterocycles. The van der Waals surface area contributed by atoms with Crippen LogP contribution in [0.2, 0.25) is 0 Å². The second-order valence-corrected chi connectivity index (χ2v) is 3.95. The Morgan fingerprint density at radius 2 is 2.00 bits per heavy atom. The highest BCUT2D eigenvalue weighted by molar-refractivity contribution is 6.27. The molecule has 0 spiro atoms. The molecule has 0 aliphatic heterocycles. The van der Waals surface area contributed by atoms with Gasteiger partial charge in [-0.05, 0) is 23.6 Å². The van der Waals surface area contributed by atoms with Crippen LogP contribution in [-0.2, 0) is 22.4 Å². The van der Waals surface area contributed by atoms with Crippen molar-refractivity contribution < 1.29 is 14.7 Å². The van der Waals surface area contributed by atoms with E-state index < -0.39 is 5.97 Å². The number of benzene rings is 1. The molecule has 4 heteroatoms. The van der Waals surface area contributed by atoms with Crippen molar-refractivity contribution in [3.63, 3.8) is 0 Å². The van der Waals surface area contributed by atoms with Crippen LogP contribution in [0.25, 0.3) is 0 Å². The summed E-state index contributed by atoms with van der Waals surface area (Å²) in [5, 5.41) is 8.64. The van der Waals surface area contributed by atoms with Crippen LogP contribution in [0.5, 0.6) is 0 Å². The van der Waals surface area contributed by atoms with Crippen LogP contribution >= 0.6 is 11.6 Å². The number of rotatable bonds is 5. The lowest BCUT2D eigenvalue weighted by molar-refractivity contribution is -0.136. The highest BCUT2D eigenvalue weighted by Crippen LogP contribution is 2.13. The Labute approximate surface area is 99.0 Å². The van der Waals surface area contributed by atoms with Gasteiger partial charge in [-0.3, -0.25) is 9.59 Å². The highest BCUT2D eigenvalue weighted by Gasteiger charge is 2.07. The quantitative estimate of drug-likeness (QED) is 0.801. The van der Waals surface area contributed by atoms with E-state index in [0.717, 1.165) is 16.7 Å². The second kappa shape index (κ2) is 5.66. The van der Waals surface area contributed by atoms with Gasteiger partial charge in [-0.25, -0.2) is 0 Å². The number of carboxylic acid groups (broad SMARTS) is 1. The first kappa shape index (κ1) is 12.7. The third-order valence-corrected chi connectivity index (χ3v) is 2.60. The van der Waals surface area contributed by atoms with Crippen LogP contribution in [-0.4, -0.2) is 22.7 Å². The van der Waals surface area contributed by atoms with Gasteiger partial charge in [0, 0.05) is 6.42 Å². The van der Waals surface area contributed by atoms with E-state index in [1.165, 1.54) is 0 Å². The average molecular weight is 241 g/mol. The number of carbonyl (C=O) groups excluding carboxylic acids is 1. The van der Waals surface area contributed by atoms with E-state index in [9.17, 15) is 9.59 Å². The molecule has 0 aliphatic carbocycles. The zero-order valence-corrected chi connectivity index (χ0v) is 9.75. The predicted octanol–water partition coefficient (Wildman–Crippen LogP) is 1.97. The van der Waals surface area contributed by atoms with Gasteiger partial charge in [0.05, 0.1) is 12.3 Å². The molecular weight excluding hydrogens is 228 g/mol. The van der Waals surface area contributed by atoms with Crippen LogP contribution in [0.3, 0.4) is 0 Å². The summed E-state index contributed by atoms with van der Waals surface area (Å²) in [5.41, 5.74) is 2.57. The number of alkyl halides is 1. The maximum Gasteiger partial charge on any atom is 0.307 e. The molecule has 0 bridgehead atoms. The Balaban J connectivity index is 2.83. The van der Waals surface area contributed by atoms with Gasteiger partial charge in [0.2, 0.25) is 0 Å². The molecule has 16 heavy (non-hydrogen) atoms. The Hall–Kier alpha value is -1.35. The predicted molar refractivity (Wildman–Crippen MR) is 61.9 cm³/mol. The number of aliphatic carboxylic acids is 1. The first-order valence-corrected chi connectivity index (χ1v) is 5.44. The van der Waals surface area contributed by atoms with E-state index in [4.69, 9.17) is 16.7 Å². The van der Waals surface area contributed by atoms with Crippen LogP contribution in [0.1, 0.15) is 16.7 Å². The molecule has 0 radical (unpaired) electrons. The maximum absolute atomic E-state index is 11.2. The molecule has 1 aromatic carbocycles. The van der Waals surface area contributed by atoms with Gasteiger partial charge in [0.15, 0.2) is 5.78 Å². The number of hydrogen-bond donors (Lipinski definition) is 1. The zero-order chi connectivity index (χ0) is 12.1. The molecule has 1 aromatic rings. The normalized spacial score (nSPS) is 10.1. The van der Waals surface area contributed by atoms with Crippen molar-refractivity contribution in [3.05, 3.63) is 34.9 Å². The summed E-state index contributed by atoms with van der Waals surface area (Å²) in [7, 11) is 0. The van der Waals surface area contributed by atoms with Crippen LogP contribution in [0.4, 0.5) is 0 Å². The molecule has 86 valence electrons. The summed E-state index contributed by atoms with van der Waals surface area (Å²) in [6.45, 7) is 1.86. The van der Waals surface area contributed by atoms with Gasteiger partial charge in [-0.2, -0.15) is 0 Å². The molecule has 0 aromatic heterocycles. The number of ketones is 1. The maximum atomic E-state index is 11.2. The second-order valence-electron chi connectivity index (χ2n) is 3.68. The number of carboxylic acids is 1. The van der Waals surface area contributed by atoms with Crippen LogP contribution < -0.4 is 0 Å². The molecule has 0 saturated carbocycles. The fourth-order valence-corrected chi connectivity index (χ4v) is 1.60. The molecule has 0 aliphatic rings. The fraction of sp³-hybridized carbons (Fsp3) is 0.333. The fourth-order valence-electron chi connectivity index (χ4n) is 1.50. The minimum absolute atomic E-state index is 0.00454. The van der Waals surface area contributed by atoms with Gasteiger partial charge in [-0.1, -0.05) is 18.2 Å². The minimum Gasteiger partial charge on any atom is -0.481 e.